The van der Waals surface area contributed by atoms with Crippen LogP contribution in [-0.2, 0) is 0 Å². The summed E-state index contributed by atoms with van der Waals surface area (Å²) in [6.07, 6.45) is 0. The molecule has 0 fully saturated rings. The molecule has 4 heteroatoms. The summed E-state index contributed by atoms with van der Waals surface area (Å²) in [6.45, 7) is 2.08. The van der Waals surface area contributed by atoms with Crippen molar-refractivity contribution in [3.8, 4) is 0 Å². The highest BCUT2D eigenvalue weighted by Gasteiger charge is 2.13. The first-order chi connectivity index (χ1) is 7.58. The van der Waals surface area contributed by atoms with E-state index in [1.807, 2.05) is 24.3 Å². The molecule has 0 spiro atoms. The second kappa shape index (κ2) is 4.88. The summed E-state index contributed by atoms with van der Waals surface area (Å²) in [5.74, 6) is 0. The Hall–Kier alpha value is -0.350. The Kier molecular flexibility index (Phi) is 3.70. The number of hydrogen-bond donors (Lipinski definition) is 1. The first-order valence-corrected chi connectivity index (χ1v) is 6.83. The van der Waals surface area contributed by atoms with Crippen LogP contribution in [0.15, 0.2) is 34.1 Å². The van der Waals surface area contributed by atoms with Gasteiger partial charge in [-0.15, -0.1) is 11.3 Å². The predicted molar refractivity (Wildman–Crippen MR) is 74.2 cm³/mol. The van der Waals surface area contributed by atoms with Crippen molar-refractivity contribution in [1.29, 1.82) is 0 Å². The van der Waals surface area contributed by atoms with E-state index >= 15 is 0 Å². The van der Waals surface area contributed by atoms with Crippen LogP contribution in [0.25, 0.3) is 0 Å². The Labute approximate surface area is 112 Å². The first-order valence-electron chi connectivity index (χ1n) is 4.85. The van der Waals surface area contributed by atoms with Gasteiger partial charge in [-0.3, -0.25) is 0 Å². The van der Waals surface area contributed by atoms with Crippen molar-refractivity contribution in [2.45, 2.75) is 13.0 Å². The van der Waals surface area contributed by atoms with Gasteiger partial charge in [0, 0.05) is 9.90 Å². The van der Waals surface area contributed by atoms with E-state index in [0.29, 0.717) is 0 Å². The van der Waals surface area contributed by atoms with Crippen LogP contribution in [0.5, 0.6) is 0 Å². The van der Waals surface area contributed by atoms with E-state index in [1.165, 1.54) is 10.4 Å². The minimum Gasteiger partial charge on any atom is -0.320 e. The summed E-state index contributed by atoms with van der Waals surface area (Å²) in [5.41, 5.74) is 8.47. The third-order valence-corrected chi connectivity index (χ3v) is 4.31. The van der Waals surface area contributed by atoms with Gasteiger partial charge in [0.2, 0.25) is 0 Å². The lowest BCUT2D eigenvalue weighted by molar-refractivity contribution is 0.869. The largest absolute Gasteiger partial charge is 0.320 e. The summed E-state index contributed by atoms with van der Waals surface area (Å²) in [6, 6.07) is 9.68. The van der Waals surface area contributed by atoms with Gasteiger partial charge in [-0.2, -0.15) is 0 Å². The van der Waals surface area contributed by atoms with Crippen LogP contribution in [0.4, 0.5) is 0 Å². The zero-order valence-corrected chi connectivity index (χ0v) is 11.9. The summed E-state index contributed by atoms with van der Waals surface area (Å²) >= 11 is 11.0. The molecule has 2 rings (SSSR count). The Morgan fingerprint density at radius 3 is 2.44 bits per heavy atom. The third kappa shape index (κ3) is 2.48. The molecular weight excluding hydrogens is 306 g/mol. The van der Waals surface area contributed by atoms with Crippen molar-refractivity contribution in [1.82, 2.24) is 0 Å². The fraction of sp³-hybridized carbons (Fsp3) is 0.167. The standard InChI is InChI=1S/C12H11BrClNS/c1-7-10(6-11(13)16-7)12(15)8-2-4-9(14)5-3-8/h2-6,12H,15H2,1H3. The van der Waals surface area contributed by atoms with Crippen molar-refractivity contribution in [2.75, 3.05) is 0 Å². The number of thiophene rings is 1. The minimum atomic E-state index is -0.0835. The van der Waals surface area contributed by atoms with E-state index in [-0.39, 0.29) is 6.04 Å². The molecule has 0 amide bonds. The van der Waals surface area contributed by atoms with Gasteiger partial charge in [0.05, 0.1) is 9.83 Å². The van der Waals surface area contributed by atoms with Gasteiger partial charge in [-0.25, -0.2) is 0 Å². The number of benzene rings is 1. The zero-order chi connectivity index (χ0) is 11.7. The van der Waals surface area contributed by atoms with Gasteiger partial charge < -0.3 is 5.73 Å². The number of aryl methyl sites for hydroxylation is 1. The fourth-order valence-electron chi connectivity index (χ4n) is 1.62. The van der Waals surface area contributed by atoms with Crippen LogP contribution < -0.4 is 5.73 Å². The van der Waals surface area contributed by atoms with Gasteiger partial charge in [0.15, 0.2) is 0 Å². The first kappa shape index (κ1) is 12.1. The molecule has 1 heterocycles. The summed E-state index contributed by atoms with van der Waals surface area (Å²) in [5, 5.41) is 0.735. The van der Waals surface area contributed by atoms with Crippen LogP contribution in [0, 0.1) is 6.92 Å². The van der Waals surface area contributed by atoms with E-state index in [0.717, 1.165) is 14.4 Å². The van der Waals surface area contributed by atoms with Crippen LogP contribution >= 0.6 is 38.9 Å². The van der Waals surface area contributed by atoms with Crippen LogP contribution in [0.1, 0.15) is 22.0 Å². The molecule has 1 nitrogen and oxygen atoms in total. The van der Waals surface area contributed by atoms with E-state index < -0.39 is 0 Å². The second-order valence-electron chi connectivity index (χ2n) is 3.59. The molecule has 2 aromatic rings. The van der Waals surface area contributed by atoms with Crippen LogP contribution in [-0.4, -0.2) is 0 Å². The monoisotopic (exact) mass is 315 g/mol. The van der Waals surface area contributed by atoms with Crippen molar-refractivity contribution >= 4 is 38.9 Å². The molecule has 1 aromatic heterocycles. The molecule has 0 aliphatic carbocycles. The van der Waals surface area contributed by atoms with E-state index in [1.54, 1.807) is 11.3 Å². The van der Waals surface area contributed by atoms with E-state index in [9.17, 15) is 0 Å². The summed E-state index contributed by atoms with van der Waals surface area (Å²) in [7, 11) is 0. The van der Waals surface area contributed by atoms with E-state index in [4.69, 9.17) is 17.3 Å². The maximum absolute atomic E-state index is 6.22. The summed E-state index contributed by atoms with van der Waals surface area (Å²) < 4.78 is 1.12. The molecule has 0 aliphatic rings. The van der Waals surface area contributed by atoms with Gasteiger partial charge in [-0.05, 0) is 52.2 Å². The van der Waals surface area contributed by atoms with Crippen molar-refractivity contribution in [2.24, 2.45) is 5.73 Å². The summed E-state index contributed by atoms with van der Waals surface area (Å²) in [4.78, 5) is 1.24. The smallest absolute Gasteiger partial charge is 0.0704 e. The quantitative estimate of drug-likeness (QED) is 0.866. The average Bonchev–Trinajstić information content (AvgIpc) is 2.58. The highest BCUT2D eigenvalue weighted by molar-refractivity contribution is 9.11. The second-order valence-corrected chi connectivity index (χ2v) is 6.66. The van der Waals surface area contributed by atoms with Crippen LogP contribution in [0.3, 0.4) is 0 Å². The Morgan fingerprint density at radius 2 is 1.94 bits per heavy atom. The average molecular weight is 317 g/mol. The normalized spacial score (nSPS) is 12.8. The van der Waals surface area contributed by atoms with Crippen molar-refractivity contribution in [3.63, 3.8) is 0 Å². The zero-order valence-electron chi connectivity index (χ0n) is 8.71. The predicted octanol–water partition coefficient (Wildman–Crippen LogP) is 4.52. The molecule has 0 saturated carbocycles. The molecule has 1 aromatic carbocycles. The minimum absolute atomic E-state index is 0.0835. The maximum atomic E-state index is 6.22. The Balaban J connectivity index is 2.35. The van der Waals surface area contributed by atoms with Crippen molar-refractivity contribution in [3.05, 3.63) is 55.1 Å². The molecule has 1 unspecified atom stereocenters. The molecular formula is C12H11BrClNS. The lowest BCUT2D eigenvalue weighted by Gasteiger charge is -2.11. The highest BCUT2D eigenvalue weighted by Crippen LogP contribution is 2.32. The van der Waals surface area contributed by atoms with Gasteiger partial charge >= 0.3 is 0 Å². The SMILES string of the molecule is Cc1sc(Br)cc1C(N)c1ccc(Cl)cc1. The Bertz CT molecular complexity index is 492. The highest BCUT2D eigenvalue weighted by atomic mass is 79.9. The molecule has 2 N–H and O–H groups in total. The molecule has 1 atom stereocenters. The fourth-order valence-corrected chi connectivity index (χ4v) is 3.50. The number of hydrogen-bond acceptors (Lipinski definition) is 2. The molecule has 0 bridgehead atoms. The van der Waals surface area contributed by atoms with Gasteiger partial charge in [0.25, 0.3) is 0 Å². The number of halogens is 2. The van der Waals surface area contributed by atoms with Crippen LogP contribution in [0.2, 0.25) is 5.02 Å². The lowest BCUT2D eigenvalue weighted by atomic mass is 10.0. The lowest BCUT2D eigenvalue weighted by Crippen LogP contribution is -2.11. The molecule has 84 valence electrons. The molecule has 0 saturated heterocycles. The van der Waals surface area contributed by atoms with E-state index in [2.05, 4.69) is 28.9 Å². The third-order valence-electron chi connectivity index (χ3n) is 2.49. The molecule has 16 heavy (non-hydrogen) atoms. The van der Waals surface area contributed by atoms with Gasteiger partial charge in [-0.1, -0.05) is 23.7 Å². The topological polar surface area (TPSA) is 26.0 Å². The maximum Gasteiger partial charge on any atom is 0.0704 e. The molecule has 0 radical (unpaired) electrons. The Morgan fingerprint density at radius 1 is 1.31 bits per heavy atom. The van der Waals surface area contributed by atoms with Gasteiger partial charge in [0.1, 0.15) is 0 Å². The van der Waals surface area contributed by atoms with Crippen molar-refractivity contribution < 1.29 is 0 Å². The molecule has 0 aliphatic heterocycles. The number of nitrogens with two attached hydrogens (primary N) is 1. The number of rotatable bonds is 2.